The van der Waals surface area contributed by atoms with E-state index in [2.05, 4.69) is 5.32 Å². The molecule has 2 aromatic rings. The molecule has 128 valence electrons. The number of nitrogens with zero attached hydrogens (tertiary/aromatic N) is 1. The van der Waals surface area contributed by atoms with Crippen LogP contribution in [0.15, 0.2) is 41.0 Å². The summed E-state index contributed by atoms with van der Waals surface area (Å²) in [6.45, 7) is 5.32. The van der Waals surface area contributed by atoms with Gasteiger partial charge in [0.15, 0.2) is 11.5 Å². The predicted molar refractivity (Wildman–Crippen MR) is 89.1 cm³/mol. The van der Waals surface area contributed by atoms with Crippen LogP contribution in [0.5, 0.6) is 11.5 Å². The van der Waals surface area contributed by atoms with Gasteiger partial charge in [-0.05, 0) is 43.7 Å². The van der Waals surface area contributed by atoms with Crippen LogP contribution in [0.4, 0.5) is 4.79 Å². The van der Waals surface area contributed by atoms with Gasteiger partial charge in [-0.2, -0.15) is 0 Å². The summed E-state index contributed by atoms with van der Waals surface area (Å²) in [6, 6.07) is 9.42. The highest BCUT2D eigenvalue weighted by Gasteiger charge is 2.18. The molecule has 0 unspecified atom stereocenters. The molecule has 1 aromatic carbocycles. The summed E-state index contributed by atoms with van der Waals surface area (Å²) in [5.74, 6) is 2.34. The zero-order valence-corrected chi connectivity index (χ0v) is 14.0. The van der Waals surface area contributed by atoms with E-state index in [0.29, 0.717) is 19.5 Å². The van der Waals surface area contributed by atoms with Crippen molar-refractivity contribution < 1.29 is 18.7 Å². The van der Waals surface area contributed by atoms with Crippen LogP contribution in [0, 0.1) is 0 Å². The lowest BCUT2D eigenvalue weighted by molar-refractivity contribution is 0.173. The molecule has 0 saturated carbocycles. The normalized spacial score (nSPS) is 13.6. The van der Waals surface area contributed by atoms with E-state index in [1.54, 1.807) is 11.2 Å². The third-order valence-electron chi connectivity index (χ3n) is 3.94. The number of urea groups is 1. The minimum Gasteiger partial charge on any atom is -0.469 e. The predicted octanol–water partition coefficient (Wildman–Crippen LogP) is 3.17. The maximum atomic E-state index is 12.5. The van der Waals surface area contributed by atoms with E-state index in [4.69, 9.17) is 13.9 Å². The molecule has 0 saturated heterocycles. The van der Waals surface area contributed by atoms with Gasteiger partial charge in [-0.1, -0.05) is 6.07 Å². The van der Waals surface area contributed by atoms with Crippen molar-refractivity contribution in [2.75, 3.05) is 13.3 Å². The Hall–Kier alpha value is -2.63. The van der Waals surface area contributed by atoms with Crippen molar-refractivity contribution in [2.45, 2.75) is 32.9 Å². The summed E-state index contributed by atoms with van der Waals surface area (Å²) in [4.78, 5) is 14.2. The van der Waals surface area contributed by atoms with Crippen LogP contribution in [-0.2, 0) is 13.0 Å². The monoisotopic (exact) mass is 330 g/mol. The third-order valence-corrected chi connectivity index (χ3v) is 3.94. The second-order valence-electron chi connectivity index (χ2n) is 5.84. The molecule has 0 bridgehead atoms. The first kappa shape index (κ1) is 16.2. The van der Waals surface area contributed by atoms with Crippen LogP contribution in [0.1, 0.15) is 25.2 Å². The zero-order valence-electron chi connectivity index (χ0n) is 14.0. The Morgan fingerprint density at radius 1 is 1.29 bits per heavy atom. The Morgan fingerprint density at radius 3 is 2.88 bits per heavy atom. The number of hydrogen-bond acceptors (Lipinski definition) is 4. The molecular weight excluding hydrogens is 308 g/mol. The van der Waals surface area contributed by atoms with Crippen LogP contribution in [-0.4, -0.2) is 30.3 Å². The Labute approximate surface area is 141 Å². The SMILES string of the molecule is CCN(Cc1ccc2c(c1)OCO2)C(=O)N[C@H](C)Cc1ccco1. The van der Waals surface area contributed by atoms with E-state index in [9.17, 15) is 4.79 Å². The first-order valence-corrected chi connectivity index (χ1v) is 8.12. The fraction of sp³-hybridized carbons (Fsp3) is 0.389. The molecule has 1 aliphatic heterocycles. The molecule has 0 aliphatic carbocycles. The van der Waals surface area contributed by atoms with E-state index in [1.165, 1.54) is 0 Å². The second-order valence-corrected chi connectivity index (χ2v) is 5.84. The molecule has 0 radical (unpaired) electrons. The first-order valence-electron chi connectivity index (χ1n) is 8.12. The summed E-state index contributed by atoms with van der Waals surface area (Å²) in [5, 5.41) is 3.01. The van der Waals surface area contributed by atoms with Crippen LogP contribution < -0.4 is 14.8 Å². The van der Waals surface area contributed by atoms with Crippen LogP contribution in [0.2, 0.25) is 0 Å². The van der Waals surface area contributed by atoms with Gasteiger partial charge in [-0.3, -0.25) is 0 Å². The lowest BCUT2D eigenvalue weighted by Gasteiger charge is -2.24. The Bertz CT molecular complexity index is 684. The minimum absolute atomic E-state index is 0.00514. The van der Waals surface area contributed by atoms with Gasteiger partial charge in [-0.15, -0.1) is 0 Å². The number of nitrogens with one attached hydrogen (secondary N) is 1. The third kappa shape index (κ3) is 3.82. The first-order chi connectivity index (χ1) is 11.7. The zero-order chi connectivity index (χ0) is 16.9. The molecule has 1 atom stereocenters. The number of hydrogen-bond donors (Lipinski definition) is 1. The number of carbonyl (C=O) groups excluding carboxylic acids is 1. The molecule has 6 heteroatoms. The van der Waals surface area contributed by atoms with E-state index in [0.717, 1.165) is 22.8 Å². The summed E-state index contributed by atoms with van der Waals surface area (Å²) in [6.07, 6.45) is 2.31. The number of furan rings is 1. The van der Waals surface area contributed by atoms with Crippen LogP contribution >= 0.6 is 0 Å². The van der Waals surface area contributed by atoms with E-state index in [1.807, 2.05) is 44.2 Å². The highest BCUT2D eigenvalue weighted by Crippen LogP contribution is 2.32. The number of fused-ring (bicyclic) bond motifs is 1. The lowest BCUT2D eigenvalue weighted by Crippen LogP contribution is -2.44. The Morgan fingerprint density at radius 2 is 2.12 bits per heavy atom. The van der Waals surface area contributed by atoms with Crippen molar-refractivity contribution in [3.63, 3.8) is 0 Å². The van der Waals surface area contributed by atoms with Gasteiger partial charge in [0.25, 0.3) is 0 Å². The average molecular weight is 330 g/mol. The summed E-state index contributed by atoms with van der Waals surface area (Å²) in [5.41, 5.74) is 1.01. The Balaban J connectivity index is 1.57. The van der Waals surface area contributed by atoms with Crippen molar-refractivity contribution in [1.29, 1.82) is 0 Å². The number of benzene rings is 1. The molecule has 3 rings (SSSR count). The largest absolute Gasteiger partial charge is 0.469 e. The molecule has 24 heavy (non-hydrogen) atoms. The molecule has 1 aromatic heterocycles. The molecule has 1 aliphatic rings. The van der Waals surface area contributed by atoms with Crippen molar-refractivity contribution in [3.05, 3.63) is 47.9 Å². The van der Waals surface area contributed by atoms with Gasteiger partial charge >= 0.3 is 6.03 Å². The van der Waals surface area contributed by atoms with Gasteiger partial charge in [0.2, 0.25) is 6.79 Å². The van der Waals surface area contributed by atoms with E-state index < -0.39 is 0 Å². The highest BCUT2D eigenvalue weighted by molar-refractivity contribution is 5.74. The highest BCUT2D eigenvalue weighted by atomic mass is 16.7. The fourth-order valence-corrected chi connectivity index (χ4v) is 2.67. The average Bonchev–Trinajstić information content (AvgIpc) is 3.23. The quantitative estimate of drug-likeness (QED) is 0.883. The molecule has 0 fully saturated rings. The topological polar surface area (TPSA) is 63.9 Å². The Kier molecular flexibility index (Phi) is 4.93. The van der Waals surface area contributed by atoms with Crippen LogP contribution in [0.3, 0.4) is 0 Å². The summed E-state index contributed by atoms with van der Waals surface area (Å²) < 4.78 is 16.0. The van der Waals surface area contributed by atoms with Crippen molar-refractivity contribution >= 4 is 6.03 Å². The molecular formula is C18H22N2O4. The number of amides is 2. The van der Waals surface area contributed by atoms with Gasteiger partial charge in [-0.25, -0.2) is 4.79 Å². The number of carbonyl (C=O) groups is 1. The molecule has 1 N–H and O–H groups in total. The molecule has 0 spiro atoms. The van der Waals surface area contributed by atoms with Crippen molar-refractivity contribution in [3.8, 4) is 11.5 Å². The smallest absolute Gasteiger partial charge is 0.317 e. The molecule has 2 heterocycles. The fourth-order valence-electron chi connectivity index (χ4n) is 2.67. The van der Waals surface area contributed by atoms with E-state index in [-0.39, 0.29) is 18.9 Å². The van der Waals surface area contributed by atoms with Crippen molar-refractivity contribution in [1.82, 2.24) is 10.2 Å². The van der Waals surface area contributed by atoms with Gasteiger partial charge in [0.1, 0.15) is 5.76 Å². The summed E-state index contributed by atoms with van der Waals surface area (Å²) in [7, 11) is 0. The molecule has 2 amide bonds. The standard InChI is InChI=1S/C18H22N2O4/c1-3-20(11-14-6-7-16-17(10-14)24-12-23-16)18(21)19-13(2)9-15-5-4-8-22-15/h4-8,10,13H,3,9,11-12H2,1-2H3,(H,19,21)/t13-/m1/s1. The minimum atomic E-state index is -0.0887. The number of rotatable bonds is 6. The summed E-state index contributed by atoms with van der Waals surface area (Å²) >= 11 is 0. The second kappa shape index (κ2) is 7.29. The van der Waals surface area contributed by atoms with E-state index >= 15 is 0 Å². The van der Waals surface area contributed by atoms with Crippen LogP contribution in [0.25, 0.3) is 0 Å². The van der Waals surface area contributed by atoms with Gasteiger partial charge < -0.3 is 24.1 Å². The maximum Gasteiger partial charge on any atom is 0.317 e. The van der Waals surface area contributed by atoms with Gasteiger partial charge in [0, 0.05) is 25.6 Å². The van der Waals surface area contributed by atoms with Gasteiger partial charge in [0.05, 0.1) is 6.26 Å². The maximum absolute atomic E-state index is 12.5. The van der Waals surface area contributed by atoms with Crippen molar-refractivity contribution in [2.24, 2.45) is 0 Å². The number of ether oxygens (including phenoxy) is 2. The lowest BCUT2D eigenvalue weighted by atomic mass is 10.2. The molecule has 6 nitrogen and oxygen atoms in total.